The lowest BCUT2D eigenvalue weighted by molar-refractivity contribution is -0.140. The van der Waals surface area contributed by atoms with Crippen LogP contribution in [0.5, 0.6) is 0 Å². The molecule has 1 amide bonds. The lowest BCUT2D eigenvalue weighted by atomic mass is 9.94. The van der Waals surface area contributed by atoms with Crippen LogP contribution in [-0.2, 0) is 19.1 Å². The van der Waals surface area contributed by atoms with Crippen molar-refractivity contribution in [3.63, 3.8) is 0 Å². The first-order valence-corrected chi connectivity index (χ1v) is 12.2. The van der Waals surface area contributed by atoms with Crippen LogP contribution in [0.1, 0.15) is 38.9 Å². The number of ketones is 1. The number of nitrogens with one attached hydrogen (secondary N) is 1. The molecule has 0 unspecified atom stereocenters. The Bertz CT molecular complexity index is 1180. The van der Waals surface area contributed by atoms with E-state index in [1.165, 1.54) is 12.0 Å². The van der Waals surface area contributed by atoms with Gasteiger partial charge in [0.2, 0.25) is 0 Å². The van der Waals surface area contributed by atoms with Gasteiger partial charge in [-0.1, -0.05) is 28.1 Å². The number of ether oxygens (including phenoxy) is 2. The van der Waals surface area contributed by atoms with Gasteiger partial charge in [0.05, 0.1) is 31.9 Å². The maximum atomic E-state index is 13.3. The van der Waals surface area contributed by atoms with Crippen LogP contribution >= 0.6 is 15.9 Å². The van der Waals surface area contributed by atoms with Gasteiger partial charge in [0.15, 0.2) is 0 Å². The number of likely N-dealkylation sites (tertiary alicyclic amines) is 1. The molecule has 2 aliphatic heterocycles. The van der Waals surface area contributed by atoms with Crippen LogP contribution < -0.4 is 0 Å². The van der Waals surface area contributed by atoms with E-state index in [9.17, 15) is 19.5 Å². The summed E-state index contributed by atoms with van der Waals surface area (Å²) in [5, 5.41) is 11.4. The van der Waals surface area contributed by atoms with Crippen LogP contribution in [0.15, 0.2) is 34.3 Å². The number of aryl methyl sites for hydroxylation is 1. The molecular formula is C25H28BrN3O6. The molecule has 35 heavy (non-hydrogen) atoms. The minimum atomic E-state index is -0.764. The molecule has 0 saturated carbocycles. The molecule has 186 valence electrons. The van der Waals surface area contributed by atoms with Gasteiger partial charge in [-0.3, -0.25) is 14.5 Å². The summed E-state index contributed by atoms with van der Waals surface area (Å²) in [5.41, 5.74) is 2.15. The number of nitrogens with zero attached hydrogens (tertiary/aromatic N) is 2. The number of methoxy groups -OCH3 is 1. The third kappa shape index (κ3) is 4.78. The average molecular weight is 546 g/mol. The zero-order valence-corrected chi connectivity index (χ0v) is 21.5. The number of hydrogen-bond acceptors (Lipinski definition) is 7. The van der Waals surface area contributed by atoms with Gasteiger partial charge in [0.25, 0.3) is 11.7 Å². The molecule has 1 aromatic heterocycles. The molecule has 9 nitrogen and oxygen atoms in total. The predicted octanol–water partition coefficient (Wildman–Crippen LogP) is 2.93. The Labute approximate surface area is 211 Å². The molecule has 1 atom stereocenters. The Morgan fingerprint density at radius 1 is 1.17 bits per heavy atom. The quantitative estimate of drug-likeness (QED) is 0.248. The third-order valence-electron chi connectivity index (χ3n) is 6.55. The number of aromatic amines is 1. The summed E-state index contributed by atoms with van der Waals surface area (Å²) < 4.78 is 11.1. The van der Waals surface area contributed by atoms with E-state index in [1.54, 1.807) is 13.8 Å². The number of amides is 1. The topological polar surface area (TPSA) is 112 Å². The van der Waals surface area contributed by atoms with Crippen LogP contribution in [0.2, 0.25) is 0 Å². The van der Waals surface area contributed by atoms with Crippen molar-refractivity contribution in [2.75, 3.05) is 46.5 Å². The number of carbonyl (C=O) groups excluding carboxylic acids is 3. The van der Waals surface area contributed by atoms with Crippen LogP contribution in [0, 0.1) is 13.8 Å². The summed E-state index contributed by atoms with van der Waals surface area (Å²) in [5.74, 6) is -2.31. The van der Waals surface area contributed by atoms with Crippen molar-refractivity contribution in [2.45, 2.75) is 19.9 Å². The van der Waals surface area contributed by atoms with Crippen molar-refractivity contribution in [3.8, 4) is 0 Å². The van der Waals surface area contributed by atoms with E-state index < -0.39 is 23.7 Å². The molecule has 2 aliphatic rings. The fraction of sp³-hybridized carbons (Fsp3) is 0.400. The van der Waals surface area contributed by atoms with E-state index in [0.29, 0.717) is 48.7 Å². The van der Waals surface area contributed by atoms with Crippen molar-refractivity contribution in [1.82, 2.24) is 14.8 Å². The Morgan fingerprint density at radius 3 is 2.46 bits per heavy atom. The van der Waals surface area contributed by atoms with Gasteiger partial charge < -0.3 is 24.5 Å². The second kappa shape index (κ2) is 10.3. The van der Waals surface area contributed by atoms with E-state index in [-0.39, 0.29) is 17.0 Å². The highest BCUT2D eigenvalue weighted by atomic mass is 79.9. The number of carbonyl (C=O) groups is 3. The molecule has 2 N–H and O–H groups in total. The highest BCUT2D eigenvalue weighted by Gasteiger charge is 2.46. The second-order valence-corrected chi connectivity index (χ2v) is 9.53. The Morgan fingerprint density at radius 2 is 1.83 bits per heavy atom. The molecule has 0 aliphatic carbocycles. The number of morpholine rings is 1. The number of aromatic nitrogens is 1. The first-order valence-electron chi connectivity index (χ1n) is 11.4. The van der Waals surface area contributed by atoms with E-state index in [0.717, 1.165) is 17.6 Å². The van der Waals surface area contributed by atoms with Gasteiger partial charge in [-0.15, -0.1) is 0 Å². The largest absolute Gasteiger partial charge is 0.507 e. The number of Topliss-reactive ketones (excluding diaryl/α,β-unsaturated/α-hetero) is 1. The Balaban J connectivity index is 1.79. The number of halogens is 1. The van der Waals surface area contributed by atoms with Gasteiger partial charge in [-0.25, -0.2) is 4.79 Å². The number of aliphatic hydroxyl groups excluding tert-OH is 1. The second-order valence-electron chi connectivity index (χ2n) is 8.61. The van der Waals surface area contributed by atoms with Crippen LogP contribution in [0.4, 0.5) is 0 Å². The minimum Gasteiger partial charge on any atom is -0.507 e. The van der Waals surface area contributed by atoms with Crippen LogP contribution in [0.25, 0.3) is 5.76 Å². The molecule has 0 radical (unpaired) electrons. The number of esters is 1. The van der Waals surface area contributed by atoms with E-state index >= 15 is 0 Å². The number of aliphatic hydroxyl groups is 1. The number of H-pyrrole nitrogens is 1. The summed E-state index contributed by atoms with van der Waals surface area (Å²) >= 11 is 3.42. The van der Waals surface area contributed by atoms with Gasteiger partial charge in [-0.2, -0.15) is 0 Å². The van der Waals surface area contributed by atoms with E-state index in [2.05, 4.69) is 25.8 Å². The van der Waals surface area contributed by atoms with Crippen molar-refractivity contribution in [3.05, 3.63) is 62.4 Å². The maximum absolute atomic E-state index is 13.3. The lowest BCUT2D eigenvalue weighted by Gasteiger charge is -2.31. The zero-order chi connectivity index (χ0) is 25.3. The van der Waals surface area contributed by atoms with Gasteiger partial charge in [0, 0.05) is 41.9 Å². The average Bonchev–Trinajstić information content (AvgIpc) is 3.30. The smallest absolute Gasteiger partial charge is 0.354 e. The molecule has 2 aromatic rings. The van der Waals surface area contributed by atoms with Crippen LogP contribution in [0.3, 0.4) is 0 Å². The molecule has 0 spiro atoms. The van der Waals surface area contributed by atoms with Crippen molar-refractivity contribution < 1.29 is 29.0 Å². The molecule has 2 saturated heterocycles. The van der Waals surface area contributed by atoms with Gasteiger partial charge in [0.1, 0.15) is 11.5 Å². The summed E-state index contributed by atoms with van der Waals surface area (Å²) in [6.45, 7) is 7.02. The monoisotopic (exact) mass is 545 g/mol. The zero-order valence-electron chi connectivity index (χ0n) is 19.9. The van der Waals surface area contributed by atoms with Crippen molar-refractivity contribution in [2.24, 2.45) is 0 Å². The molecule has 2 fully saturated rings. The van der Waals surface area contributed by atoms with Crippen molar-refractivity contribution in [1.29, 1.82) is 0 Å². The maximum Gasteiger partial charge on any atom is 0.354 e. The predicted molar refractivity (Wildman–Crippen MR) is 132 cm³/mol. The standard InChI is InChI=1S/C25H28BrN3O6/c1-14-18(15(2)27-20(14)25(33)34-3)22(30)19-21(16-4-6-17(26)7-5-16)29(24(32)23(19)31)9-8-28-10-12-35-13-11-28/h4-7,21,27,30H,8-13H2,1-3H3/t21-/m0/s1. The highest BCUT2D eigenvalue weighted by Crippen LogP contribution is 2.41. The summed E-state index contributed by atoms with van der Waals surface area (Å²) in [6.07, 6.45) is 0. The molecular weight excluding hydrogens is 518 g/mol. The molecule has 4 rings (SSSR count). The number of hydrogen-bond donors (Lipinski definition) is 2. The summed E-state index contributed by atoms with van der Waals surface area (Å²) in [4.78, 5) is 45.3. The van der Waals surface area contributed by atoms with E-state index in [1.807, 2.05) is 24.3 Å². The van der Waals surface area contributed by atoms with Crippen LogP contribution in [-0.4, -0.2) is 84.1 Å². The first kappa shape index (κ1) is 25.2. The number of benzene rings is 1. The lowest BCUT2D eigenvalue weighted by Crippen LogP contribution is -2.42. The van der Waals surface area contributed by atoms with E-state index in [4.69, 9.17) is 9.47 Å². The summed E-state index contributed by atoms with van der Waals surface area (Å²) in [6, 6.07) is 6.55. The highest BCUT2D eigenvalue weighted by molar-refractivity contribution is 9.10. The SMILES string of the molecule is COC(=O)c1[nH]c(C)c(C(O)=C2C(=O)C(=O)N(CCN3CCOCC3)[C@H]2c2ccc(Br)cc2)c1C. The third-order valence-corrected chi connectivity index (χ3v) is 7.08. The van der Waals surface area contributed by atoms with Gasteiger partial charge in [-0.05, 0) is 37.1 Å². The normalized spacial score (nSPS) is 20.5. The summed E-state index contributed by atoms with van der Waals surface area (Å²) in [7, 11) is 1.27. The van der Waals surface area contributed by atoms with Gasteiger partial charge >= 0.3 is 5.97 Å². The fourth-order valence-electron chi connectivity index (χ4n) is 4.72. The first-order chi connectivity index (χ1) is 16.7. The molecule has 0 bridgehead atoms. The molecule has 3 heterocycles. The number of rotatable bonds is 6. The fourth-order valence-corrected chi connectivity index (χ4v) is 4.99. The Kier molecular flexibility index (Phi) is 7.44. The van der Waals surface area contributed by atoms with Crippen molar-refractivity contribution >= 4 is 39.3 Å². The molecule has 10 heteroatoms. The Hall–Kier alpha value is -2.95. The minimum absolute atomic E-state index is 0.000848. The molecule has 1 aromatic carbocycles.